The normalized spacial score (nSPS) is 38.4. The molecule has 1 aromatic rings. The van der Waals surface area contributed by atoms with Crippen LogP contribution < -0.4 is 0 Å². The van der Waals surface area contributed by atoms with Crippen LogP contribution in [0.2, 0.25) is 0 Å². The molecular weight excluding hydrogens is 324 g/mol. The van der Waals surface area contributed by atoms with E-state index in [1.54, 1.807) is 0 Å². The molecule has 0 bridgehead atoms. The van der Waals surface area contributed by atoms with Crippen molar-refractivity contribution >= 4 is 11.8 Å². The number of fused-ring (bicyclic) bond motifs is 5. The lowest BCUT2D eigenvalue weighted by Crippen LogP contribution is -2.51. The van der Waals surface area contributed by atoms with Gasteiger partial charge >= 0.3 is 5.97 Å². The van der Waals surface area contributed by atoms with E-state index in [0.29, 0.717) is 30.5 Å². The number of carbonyl (C=O) groups is 2. The van der Waals surface area contributed by atoms with E-state index in [-0.39, 0.29) is 23.2 Å². The third-order valence-corrected chi connectivity index (χ3v) is 8.04. The van der Waals surface area contributed by atoms with Crippen LogP contribution in [-0.4, -0.2) is 16.9 Å². The SMILES string of the molecule is Cc1ccc2c(c1)CC[C@]1(C)[C@@H]2CC[C@]2(C)C(=O)C[C@@H](CCC(=O)O)[C@@H]12. The van der Waals surface area contributed by atoms with Gasteiger partial charge in [0.15, 0.2) is 0 Å². The summed E-state index contributed by atoms with van der Waals surface area (Å²) in [4.78, 5) is 24.1. The van der Waals surface area contributed by atoms with E-state index in [9.17, 15) is 9.59 Å². The Bertz CT molecular complexity index is 767. The number of ketones is 1. The van der Waals surface area contributed by atoms with Crippen molar-refractivity contribution in [2.45, 2.75) is 71.6 Å². The molecule has 3 nitrogen and oxygen atoms in total. The van der Waals surface area contributed by atoms with Crippen LogP contribution in [0.5, 0.6) is 0 Å². The molecule has 2 saturated carbocycles. The van der Waals surface area contributed by atoms with Crippen LogP contribution in [-0.2, 0) is 16.0 Å². The minimum absolute atomic E-state index is 0.102. The number of hydrogen-bond acceptors (Lipinski definition) is 2. The van der Waals surface area contributed by atoms with Crippen LogP contribution in [0, 0.1) is 29.6 Å². The average Bonchev–Trinajstić information content (AvgIpc) is 2.84. The Morgan fingerprint density at radius 1 is 1.27 bits per heavy atom. The molecule has 1 aromatic carbocycles. The summed E-state index contributed by atoms with van der Waals surface area (Å²) in [5.41, 5.74) is 4.15. The summed E-state index contributed by atoms with van der Waals surface area (Å²) in [6.45, 7) is 6.73. The molecular formula is C23H30O3. The monoisotopic (exact) mass is 354 g/mol. The molecule has 3 aliphatic rings. The molecule has 140 valence electrons. The third kappa shape index (κ3) is 2.46. The largest absolute Gasteiger partial charge is 0.481 e. The topological polar surface area (TPSA) is 54.4 Å². The van der Waals surface area contributed by atoms with Crippen molar-refractivity contribution < 1.29 is 14.7 Å². The van der Waals surface area contributed by atoms with Gasteiger partial charge in [0.1, 0.15) is 5.78 Å². The summed E-state index contributed by atoms with van der Waals surface area (Å²) in [6.07, 6.45) is 5.63. The summed E-state index contributed by atoms with van der Waals surface area (Å²) < 4.78 is 0. The van der Waals surface area contributed by atoms with Crippen LogP contribution >= 0.6 is 0 Å². The number of Topliss-reactive ketones (excluding diaryl/α,β-unsaturated/α-hetero) is 1. The predicted molar refractivity (Wildman–Crippen MR) is 101 cm³/mol. The lowest BCUT2D eigenvalue weighted by Gasteiger charge is -2.57. The van der Waals surface area contributed by atoms with Crippen molar-refractivity contribution in [2.75, 3.05) is 0 Å². The second kappa shape index (κ2) is 5.94. The van der Waals surface area contributed by atoms with E-state index in [4.69, 9.17) is 5.11 Å². The second-order valence-corrected chi connectivity index (χ2v) is 9.51. The Morgan fingerprint density at radius 3 is 2.77 bits per heavy atom. The molecule has 5 atom stereocenters. The van der Waals surface area contributed by atoms with E-state index in [2.05, 4.69) is 39.0 Å². The maximum Gasteiger partial charge on any atom is 0.303 e. The highest BCUT2D eigenvalue weighted by molar-refractivity contribution is 5.88. The van der Waals surface area contributed by atoms with E-state index >= 15 is 0 Å². The molecule has 0 saturated heterocycles. The van der Waals surface area contributed by atoms with Gasteiger partial charge in [0, 0.05) is 18.3 Å². The molecule has 3 heteroatoms. The first-order valence-electron chi connectivity index (χ1n) is 10.1. The molecule has 0 aromatic heterocycles. The fourth-order valence-electron chi connectivity index (χ4n) is 6.95. The molecule has 0 unspecified atom stereocenters. The quantitative estimate of drug-likeness (QED) is 0.840. The zero-order valence-corrected chi connectivity index (χ0v) is 16.2. The molecule has 0 radical (unpaired) electrons. The lowest BCUT2D eigenvalue weighted by molar-refractivity contribution is -0.137. The van der Waals surface area contributed by atoms with Crippen molar-refractivity contribution in [3.63, 3.8) is 0 Å². The Kier molecular flexibility index (Phi) is 4.05. The van der Waals surface area contributed by atoms with Crippen molar-refractivity contribution in [3.05, 3.63) is 34.9 Å². The number of carbonyl (C=O) groups excluding carboxylic acids is 1. The maximum atomic E-state index is 12.9. The van der Waals surface area contributed by atoms with Gasteiger partial charge in [-0.25, -0.2) is 0 Å². The first-order valence-corrected chi connectivity index (χ1v) is 10.1. The van der Waals surface area contributed by atoms with Crippen molar-refractivity contribution in [1.82, 2.24) is 0 Å². The lowest BCUT2D eigenvalue weighted by atomic mass is 9.46. The number of aryl methyl sites for hydroxylation is 2. The number of carboxylic acid groups (broad SMARTS) is 1. The number of hydrogen-bond donors (Lipinski definition) is 1. The summed E-state index contributed by atoms with van der Waals surface area (Å²) in [6, 6.07) is 6.88. The Balaban J connectivity index is 1.74. The smallest absolute Gasteiger partial charge is 0.303 e. The molecule has 0 spiro atoms. The zero-order chi connectivity index (χ0) is 18.7. The minimum Gasteiger partial charge on any atom is -0.481 e. The second-order valence-electron chi connectivity index (χ2n) is 9.51. The zero-order valence-electron chi connectivity index (χ0n) is 16.2. The Hall–Kier alpha value is -1.64. The van der Waals surface area contributed by atoms with Gasteiger partial charge in [-0.2, -0.15) is 0 Å². The first-order chi connectivity index (χ1) is 12.3. The number of carboxylic acids is 1. The fourth-order valence-corrected chi connectivity index (χ4v) is 6.95. The number of rotatable bonds is 3. The highest BCUT2D eigenvalue weighted by Gasteiger charge is 2.63. The fraction of sp³-hybridized carbons (Fsp3) is 0.652. The van der Waals surface area contributed by atoms with E-state index in [1.807, 2.05) is 0 Å². The van der Waals surface area contributed by atoms with Gasteiger partial charge in [-0.1, -0.05) is 37.6 Å². The molecule has 0 aliphatic heterocycles. The van der Waals surface area contributed by atoms with Crippen LogP contribution in [0.3, 0.4) is 0 Å². The van der Waals surface area contributed by atoms with E-state index < -0.39 is 5.97 Å². The highest BCUT2D eigenvalue weighted by Crippen LogP contribution is 2.67. The Morgan fingerprint density at radius 2 is 2.04 bits per heavy atom. The Labute approximate surface area is 156 Å². The summed E-state index contributed by atoms with van der Waals surface area (Å²) in [5, 5.41) is 9.17. The van der Waals surface area contributed by atoms with E-state index in [0.717, 1.165) is 25.7 Å². The van der Waals surface area contributed by atoms with Gasteiger partial charge in [0.2, 0.25) is 0 Å². The van der Waals surface area contributed by atoms with E-state index in [1.165, 1.54) is 16.7 Å². The predicted octanol–water partition coefficient (Wildman–Crippen LogP) is 4.90. The summed E-state index contributed by atoms with van der Waals surface area (Å²) in [5.74, 6) is 0.682. The summed E-state index contributed by atoms with van der Waals surface area (Å²) >= 11 is 0. The van der Waals surface area contributed by atoms with Gasteiger partial charge in [-0.15, -0.1) is 0 Å². The highest BCUT2D eigenvalue weighted by atomic mass is 16.4. The number of benzene rings is 1. The van der Waals surface area contributed by atoms with Crippen molar-refractivity contribution in [1.29, 1.82) is 0 Å². The summed E-state index contributed by atoms with van der Waals surface area (Å²) in [7, 11) is 0. The van der Waals surface area contributed by atoms with Gasteiger partial charge in [0.05, 0.1) is 0 Å². The van der Waals surface area contributed by atoms with Gasteiger partial charge in [-0.05, 0) is 73.3 Å². The molecule has 26 heavy (non-hydrogen) atoms. The average molecular weight is 354 g/mol. The molecule has 0 amide bonds. The standard InChI is InChI=1S/C23H30O3/c1-14-4-6-17-15(12-14)8-10-22(2)18(17)9-11-23(3)19(24)13-16(21(22)23)5-7-20(25)26/h4,6,12,16,18,21H,5,7-11,13H2,1-3H3,(H,25,26)/t16-,18-,21+,22-,23-/m1/s1. The van der Waals surface area contributed by atoms with Crippen molar-refractivity contribution in [2.24, 2.45) is 22.7 Å². The van der Waals surface area contributed by atoms with Gasteiger partial charge in [-0.3, -0.25) is 9.59 Å². The molecule has 4 rings (SSSR count). The first kappa shape index (κ1) is 17.8. The molecule has 2 fully saturated rings. The maximum absolute atomic E-state index is 12.9. The van der Waals surface area contributed by atoms with Gasteiger partial charge < -0.3 is 5.11 Å². The van der Waals surface area contributed by atoms with Crippen molar-refractivity contribution in [3.8, 4) is 0 Å². The van der Waals surface area contributed by atoms with Crippen LogP contribution in [0.1, 0.15) is 75.0 Å². The molecule has 0 heterocycles. The minimum atomic E-state index is -0.743. The third-order valence-electron chi connectivity index (χ3n) is 8.04. The van der Waals surface area contributed by atoms with Crippen LogP contribution in [0.15, 0.2) is 18.2 Å². The van der Waals surface area contributed by atoms with Crippen LogP contribution in [0.4, 0.5) is 0 Å². The molecule has 3 aliphatic carbocycles. The van der Waals surface area contributed by atoms with Gasteiger partial charge in [0.25, 0.3) is 0 Å². The van der Waals surface area contributed by atoms with Crippen LogP contribution in [0.25, 0.3) is 0 Å². The molecule has 1 N–H and O–H groups in total. The number of aliphatic carboxylic acids is 1.